The first-order valence-corrected chi connectivity index (χ1v) is 7.28. The highest BCUT2D eigenvalue weighted by atomic mass is 35.5. The molecule has 6 nitrogen and oxygen atoms in total. The molecule has 0 bridgehead atoms. The summed E-state index contributed by atoms with van der Waals surface area (Å²) in [6, 6.07) is 3.72. The Labute approximate surface area is 132 Å². The third-order valence-corrected chi connectivity index (χ3v) is 3.83. The van der Waals surface area contributed by atoms with Crippen molar-refractivity contribution in [1.29, 1.82) is 0 Å². The van der Waals surface area contributed by atoms with Crippen molar-refractivity contribution in [3.63, 3.8) is 0 Å². The minimum atomic E-state index is -0.0699. The molecule has 22 heavy (non-hydrogen) atoms. The summed E-state index contributed by atoms with van der Waals surface area (Å²) in [7, 11) is 0. The number of carbonyl (C=O) groups is 1. The number of hydrogen-bond acceptors (Lipinski definition) is 4. The molecule has 2 aromatic heterocycles. The van der Waals surface area contributed by atoms with Crippen LogP contribution in [0.25, 0.3) is 11.0 Å². The molecule has 1 amide bonds. The standard InChI is InChI=1S/C15H15ClN4O2/c1-10-6-14-12(8-13(10)16)11(9-22-14)7-15(21)17-2-4-20-5-3-18-19-20/h3,5-6,8-9H,2,4,7H2,1H3,(H,17,21). The molecule has 0 atom stereocenters. The Morgan fingerprint density at radius 3 is 3.09 bits per heavy atom. The van der Waals surface area contributed by atoms with Crippen molar-refractivity contribution in [3.8, 4) is 0 Å². The predicted octanol–water partition coefficient (Wildman–Crippen LogP) is 2.35. The molecule has 7 heteroatoms. The number of amides is 1. The molecule has 1 N–H and O–H groups in total. The summed E-state index contributed by atoms with van der Waals surface area (Å²) in [6.45, 7) is 3.00. The van der Waals surface area contributed by atoms with Gasteiger partial charge in [-0.25, -0.2) is 0 Å². The van der Waals surface area contributed by atoms with Gasteiger partial charge in [0.1, 0.15) is 5.58 Å². The lowest BCUT2D eigenvalue weighted by atomic mass is 10.1. The second kappa shape index (κ2) is 6.19. The van der Waals surface area contributed by atoms with Crippen LogP contribution in [-0.2, 0) is 17.8 Å². The van der Waals surface area contributed by atoms with Crippen LogP contribution in [0, 0.1) is 6.92 Å². The molecule has 0 fully saturated rings. The molecular formula is C15H15ClN4O2. The van der Waals surface area contributed by atoms with E-state index in [4.69, 9.17) is 16.0 Å². The second-order valence-electron chi connectivity index (χ2n) is 5.05. The molecule has 0 unspecified atom stereocenters. The summed E-state index contributed by atoms with van der Waals surface area (Å²) >= 11 is 6.14. The lowest BCUT2D eigenvalue weighted by Gasteiger charge is -2.04. The van der Waals surface area contributed by atoms with Gasteiger partial charge >= 0.3 is 0 Å². The van der Waals surface area contributed by atoms with Gasteiger partial charge in [-0.1, -0.05) is 16.8 Å². The largest absolute Gasteiger partial charge is 0.464 e. The third-order valence-electron chi connectivity index (χ3n) is 3.42. The van der Waals surface area contributed by atoms with Crippen molar-refractivity contribution in [3.05, 3.63) is 46.9 Å². The molecule has 0 aliphatic rings. The van der Waals surface area contributed by atoms with Crippen molar-refractivity contribution in [2.24, 2.45) is 0 Å². The van der Waals surface area contributed by atoms with E-state index in [2.05, 4.69) is 15.6 Å². The number of hydrogen-bond donors (Lipinski definition) is 1. The normalized spacial score (nSPS) is 11.0. The SMILES string of the molecule is Cc1cc2occ(CC(=O)NCCn3ccnn3)c2cc1Cl. The second-order valence-corrected chi connectivity index (χ2v) is 5.46. The summed E-state index contributed by atoms with van der Waals surface area (Å²) in [6.07, 6.45) is 5.21. The topological polar surface area (TPSA) is 73.0 Å². The molecule has 0 saturated heterocycles. The zero-order valence-corrected chi connectivity index (χ0v) is 12.8. The number of benzene rings is 1. The van der Waals surface area contributed by atoms with Crippen LogP contribution < -0.4 is 5.32 Å². The van der Waals surface area contributed by atoms with Gasteiger partial charge in [-0.2, -0.15) is 0 Å². The van der Waals surface area contributed by atoms with Crippen molar-refractivity contribution < 1.29 is 9.21 Å². The number of aryl methyl sites for hydroxylation is 1. The predicted molar refractivity (Wildman–Crippen MR) is 82.7 cm³/mol. The zero-order valence-electron chi connectivity index (χ0n) is 12.0. The van der Waals surface area contributed by atoms with Crippen molar-refractivity contribution in [2.45, 2.75) is 19.9 Å². The fourth-order valence-electron chi connectivity index (χ4n) is 2.24. The molecule has 0 saturated carbocycles. The Balaban J connectivity index is 1.62. The molecule has 3 aromatic rings. The fourth-order valence-corrected chi connectivity index (χ4v) is 2.40. The van der Waals surface area contributed by atoms with Crippen molar-refractivity contribution in [1.82, 2.24) is 20.3 Å². The van der Waals surface area contributed by atoms with Gasteiger partial charge in [-0.05, 0) is 24.6 Å². The van der Waals surface area contributed by atoms with E-state index in [-0.39, 0.29) is 12.3 Å². The van der Waals surface area contributed by atoms with Gasteiger partial charge in [0.15, 0.2) is 0 Å². The monoisotopic (exact) mass is 318 g/mol. The first-order chi connectivity index (χ1) is 10.6. The Bertz CT molecular complexity index is 795. The van der Waals surface area contributed by atoms with E-state index in [9.17, 15) is 4.79 Å². The van der Waals surface area contributed by atoms with Crippen molar-refractivity contribution >= 4 is 28.5 Å². The molecule has 0 aliphatic heterocycles. The molecule has 0 spiro atoms. The zero-order chi connectivity index (χ0) is 15.5. The highest BCUT2D eigenvalue weighted by Gasteiger charge is 2.12. The number of nitrogens with zero attached hydrogens (tertiary/aromatic N) is 3. The quantitative estimate of drug-likeness (QED) is 0.783. The van der Waals surface area contributed by atoms with Crippen LogP contribution in [0.4, 0.5) is 0 Å². The van der Waals surface area contributed by atoms with Gasteiger partial charge < -0.3 is 9.73 Å². The van der Waals surface area contributed by atoms with Gasteiger partial charge in [0.25, 0.3) is 0 Å². The number of furan rings is 1. The van der Waals surface area contributed by atoms with Gasteiger partial charge in [0.2, 0.25) is 5.91 Å². The third kappa shape index (κ3) is 3.12. The maximum atomic E-state index is 12.0. The van der Waals surface area contributed by atoms with E-state index < -0.39 is 0 Å². The summed E-state index contributed by atoms with van der Waals surface area (Å²) in [5.41, 5.74) is 2.52. The lowest BCUT2D eigenvalue weighted by molar-refractivity contribution is -0.120. The first-order valence-electron chi connectivity index (χ1n) is 6.90. The first kappa shape index (κ1) is 14.6. The van der Waals surface area contributed by atoms with E-state index in [0.29, 0.717) is 18.1 Å². The van der Waals surface area contributed by atoms with E-state index in [1.807, 2.05) is 19.1 Å². The fraction of sp³-hybridized carbons (Fsp3) is 0.267. The van der Waals surface area contributed by atoms with E-state index in [1.165, 1.54) is 0 Å². The molecule has 2 heterocycles. The smallest absolute Gasteiger partial charge is 0.224 e. The Morgan fingerprint density at radius 2 is 2.32 bits per heavy atom. The van der Waals surface area contributed by atoms with Crippen LogP contribution in [0.2, 0.25) is 5.02 Å². The van der Waals surface area contributed by atoms with Gasteiger partial charge in [-0.15, -0.1) is 5.10 Å². The number of rotatable bonds is 5. The van der Waals surface area contributed by atoms with Crippen LogP contribution >= 0.6 is 11.6 Å². The summed E-state index contributed by atoms with van der Waals surface area (Å²) < 4.78 is 7.15. The van der Waals surface area contributed by atoms with Crippen LogP contribution in [0.5, 0.6) is 0 Å². The van der Waals surface area contributed by atoms with Crippen LogP contribution in [0.1, 0.15) is 11.1 Å². The Morgan fingerprint density at radius 1 is 1.45 bits per heavy atom. The number of carbonyl (C=O) groups excluding carboxylic acids is 1. The average molecular weight is 319 g/mol. The molecular weight excluding hydrogens is 304 g/mol. The minimum Gasteiger partial charge on any atom is -0.464 e. The Kier molecular flexibility index (Phi) is 4.11. The summed E-state index contributed by atoms with van der Waals surface area (Å²) in [5.74, 6) is -0.0699. The number of aromatic nitrogens is 3. The highest BCUT2D eigenvalue weighted by Crippen LogP contribution is 2.27. The van der Waals surface area contributed by atoms with E-state index in [0.717, 1.165) is 22.1 Å². The summed E-state index contributed by atoms with van der Waals surface area (Å²) in [5, 5.41) is 11.9. The summed E-state index contributed by atoms with van der Waals surface area (Å²) in [4.78, 5) is 12.0. The molecule has 0 radical (unpaired) electrons. The average Bonchev–Trinajstić information content (AvgIpc) is 3.11. The number of halogens is 1. The van der Waals surface area contributed by atoms with Gasteiger partial charge in [0.05, 0.1) is 25.4 Å². The van der Waals surface area contributed by atoms with Gasteiger partial charge in [-0.3, -0.25) is 9.48 Å². The molecule has 3 rings (SSSR count). The van der Waals surface area contributed by atoms with Crippen LogP contribution in [0.3, 0.4) is 0 Å². The number of nitrogens with one attached hydrogen (secondary N) is 1. The maximum Gasteiger partial charge on any atom is 0.224 e. The minimum absolute atomic E-state index is 0.0699. The molecule has 0 aliphatic carbocycles. The number of fused-ring (bicyclic) bond motifs is 1. The Hall–Kier alpha value is -2.34. The molecule has 1 aromatic carbocycles. The van der Waals surface area contributed by atoms with Crippen LogP contribution in [0.15, 0.2) is 35.2 Å². The molecule has 114 valence electrons. The highest BCUT2D eigenvalue weighted by molar-refractivity contribution is 6.32. The van der Waals surface area contributed by atoms with Crippen LogP contribution in [-0.4, -0.2) is 27.4 Å². The maximum absolute atomic E-state index is 12.0. The van der Waals surface area contributed by atoms with E-state index >= 15 is 0 Å². The lowest BCUT2D eigenvalue weighted by Crippen LogP contribution is -2.28. The van der Waals surface area contributed by atoms with Crippen molar-refractivity contribution in [2.75, 3.05) is 6.54 Å². The van der Waals surface area contributed by atoms with Gasteiger partial charge in [0, 0.05) is 28.7 Å². The van der Waals surface area contributed by atoms with E-state index in [1.54, 1.807) is 23.3 Å².